The molecule has 2 rings (SSSR count). The summed E-state index contributed by atoms with van der Waals surface area (Å²) >= 11 is 0. The summed E-state index contributed by atoms with van der Waals surface area (Å²) in [6.45, 7) is 4.86. The maximum atomic E-state index is 12.9. The zero-order valence-corrected chi connectivity index (χ0v) is 16.8. The van der Waals surface area contributed by atoms with Crippen LogP contribution in [0.3, 0.4) is 0 Å². The number of benzene rings is 1. The number of hydrogen-bond acceptors (Lipinski definition) is 3. The molecule has 1 aliphatic rings. The Morgan fingerprint density at radius 3 is 2.45 bits per heavy atom. The van der Waals surface area contributed by atoms with Gasteiger partial charge in [0.2, 0.25) is 17.7 Å². The van der Waals surface area contributed by atoms with Crippen molar-refractivity contribution in [3.8, 4) is 0 Å². The molecule has 1 aromatic carbocycles. The average molecular weight is 413 g/mol. The van der Waals surface area contributed by atoms with Crippen molar-refractivity contribution < 1.29 is 27.6 Å². The second-order valence-corrected chi connectivity index (χ2v) is 7.13. The third-order valence-electron chi connectivity index (χ3n) is 5.06. The van der Waals surface area contributed by atoms with Crippen LogP contribution < -0.4 is 0 Å². The molecule has 0 aliphatic carbocycles. The number of likely N-dealkylation sites (N-methyl/N-ethyl adjacent to an activating group) is 2. The molecule has 0 bridgehead atoms. The fourth-order valence-corrected chi connectivity index (χ4v) is 3.43. The molecule has 6 nitrogen and oxygen atoms in total. The number of rotatable bonds is 7. The van der Waals surface area contributed by atoms with E-state index < -0.39 is 17.7 Å². The molecule has 160 valence electrons. The van der Waals surface area contributed by atoms with Gasteiger partial charge < -0.3 is 14.7 Å². The number of amides is 3. The largest absolute Gasteiger partial charge is 0.416 e. The minimum atomic E-state index is -4.45. The van der Waals surface area contributed by atoms with E-state index in [9.17, 15) is 27.6 Å². The molecule has 1 aromatic rings. The van der Waals surface area contributed by atoms with E-state index >= 15 is 0 Å². The molecule has 1 fully saturated rings. The van der Waals surface area contributed by atoms with Gasteiger partial charge >= 0.3 is 6.18 Å². The number of carbonyl (C=O) groups excluding carboxylic acids is 3. The first-order valence-corrected chi connectivity index (χ1v) is 9.53. The summed E-state index contributed by atoms with van der Waals surface area (Å²) in [5, 5.41) is 0. The molecule has 1 saturated heterocycles. The molecule has 0 aromatic heterocycles. The van der Waals surface area contributed by atoms with Crippen LogP contribution in [0, 0.1) is 5.92 Å². The normalized spacial score (nSPS) is 16.8. The lowest BCUT2D eigenvalue weighted by Gasteiger charge is -2.25. The highest BCUT2D eigenvalue weighted by Crippen LogP contribution is 2.30. The summed E-state index contributed by atoms with van der Waals surface area (Å²) < 4.78 is 38.6. The standard InChI is InChI=1S/C20H26F3N3O3/c1-4-25(5-2)18(28)13-24(3)19(29)15-10-17(27)26(12-15)11-14-7-6-8-16(9-14)20(21,22)23/h6-9,15H,4-5,10-13H2,1-3H3/t15-/m0/s1. The van der Waals surface area contributed by atoms with Crippen molar-refractivity contribution in [3.05, 3.63) is 35.4 Å². The lowest BCUT2D eigenvalue weighted by Crippen LogP contribution is -2.43. The van der Waals surface area contributed by atoms with Crippen molar-refractivity contribution in [1.29, 1.82) is 0 Å². The molecule has 29 heavy (non-hydrogen) atoms. The molecule has 0 radical (unpaired) electrons. The molecule has 0 unspecified atom stereocenters. The fourth-order valence-electron chi connectivity index (χ4n) is 3.43. The highest BCUT2D eigenvalue weighted by Gasteiger charge is 2.36. The first-order chi connectivity index (χ1) is 13.6. The number of carbonyl (C=O) groups is 3. The van der Waals surface area contributed by atoms with Crippen molar-refractivity contribution in [2.45, 2.75) is 33.0 Å². The summed E-state index contributed by atoms with van der Waals surface area (Å²) in [4.78, 5) is 41.4. The summed E-state index contributed by atoms with van der Waals surface area (Å²) in [7, 11) is 1.52. The van der Waals surface area contributed by atoms with E-state index in [2.05, 4.69) is 0 Å². The van der Waals surface area contributed by atoms with Gasteiger partial charge in [-0.2, -0.15) is 13.2 Å². The second-order valence-electron chi connectivity index (χ2n) is 7.13. The number of likely N-dealkylation sites (tertiary alicyclic amines) is 1. The van der Waals surface area contributed by atoms with Crippen molar-refractivity contribution in [2.75, 3.05) is 33.2 Å². The third-order valence-corrected chi connectivity index (χ3v) is 5.06. The van der Waals surface area contributed by atoms with E-state index in [1.165, 1.54) is 29.0 Å². The van der Waals surface area contributed by atoms with Crippen LogP contribution in [0.15, 0.2) is 24.3 Å². The summed E-state index contributed by atoms with van der Waals surface area (Å²) in [6, 6.07) is 4.81. The van der Waals surface area contributed by atoms with Gasteiger partial charge in [-0.15, -0.1) is 0 Å². The Morgan fingerprint density at radius 1 is 1.21 bits per heavy atom. The van der Waals surface area contributed by atoms with Crippen LogP contribution >= 0.6 is 0 Å². The molecular formula is C20H26F3N3O3. The van der Waals surface area contributed by atoms with Gasteiger partial charge in [-0.1, -0.05) is 12.1 Å². The third kappa shape index (κ3) is 5.71. The first-order valence-electron chi connectivity index (χ1n) is 9.53. The lowest BCUT2D eigenvalue weighted by molar-refractivity contribution is -0.141. The van der Waals surface area contributed by atoms with Crippen LogP contribution in [0.4, 0.5) is 13.2 Å². The Bertz CT molecular complexity index is 763. The summed E-state index contributed by atoms with van der Waals surface area (Å²) in [5.41, 5.74) is -0.421. The van der Waals surface area contributed by atoms with Gasteiger partial charge in [0.05, 0.1) is 18.0 Å². The van der Waals surface area contributed by atoms with Gasteiger partial charge in [0.15, 0.2) is 0 Å². The topological polar surface area (TPSA) is 60.9 Å². The maximum absolute atomic E-state index is 12.9. The van der Waals surface area contributed by atoms with Crippen LogP contribution in [0.1, 0.15) is 31.4 Å². The van der Waals surface area contributed by atoms with Gasteiger partial charge in [-0.3, -0.25) is 14.4 Å². The van der Waals surface area contributed by atoms with Gasteiger partial charge in [0.1, 0.15) is 0 Å². The van der Waals surface area contributed by atoms with E-state index in [1.807, 2.05) is 13.8 Å². The maximum Gasteiger partial charge on any atom is 0.416 e. The molecule has 1 atom stereocenters. The van der Waals surface area contributed by atoms with Gasteiger partial charge in [-0.25, -0.2) is 0 Å². The predicted molar refractivity (Wildman–Crippen MR) is 101 cm³/mol. The first kappa shape index (κ1) is 22.7. The molecule has 9 heteroatoms. The van der Waals surface area contributed by atoms with Gasteiger partial charge in [-0.05, 0) is 31.5 Å². The highest BCUT2D eigenvalue weighted by atomic mass is 19.4. The Balaban J connectivity index is 1.99. The number of alkyl halides is 3. The Morgan fingerprint density at radius 2 is 1.86 bits per heavy atom. The molecule has 3 amide bonds. The minimum absolute atomic E-state index is 0.00856. The zero-order valence-electron chi connectivity index (χ0n) is 16.8. The fraction of sp³-hybridized carbons (Fsp3) is 0.550. The number of hydrogen-bond donors (Lipinski definition) is 0. The molecule has 0 saturated carbocycles. The van der Waals surface area contributed by atoms with Crippen LogP contribution in [0.5, 0.6) is 0 Å². The van der Waals surface area contributed by atoms with Crippen molar-refractivity contribution >= 4 is 17.7 Å². The van der Waals surface area contributed by atoms with Crippen molar-refractivity contribution in [1.82, 2.24) is 14.7 Å². The Hall–Kier alpha value is -2.58. The van der Waals surface area contributed by atoms with E-state index in [-0.39, 0.29) is 43.8 Å². The van der Waals surface area contributed by atoms with E-state index in [0.717, 1.165) is 12.1 Å². The summed E-state index contributed by atoms with van der Waals surface area (Å²) in [6.07, 6.45) is -4.47. The summed E-state index contributed by atoms with van der Waals surface area (Å²) in [5.74, 6) is -1.38. The Labute approximate surface area is 168 Å². The van der Waals surface area contributed by atoms with Crippen LogP contribution in [0.2, 0.25) is 0 Å². The monoisotopic (exact) mass is 413 g/mol. The molecule has 1 aliphatic heterocycles. The predicted octanol–water partition coefficient (Wildman–Crippen LogP) is 2.38. The molecule has 1 heterocycles. The van der Waals surface area contributed by atoms with Crippen molar-refractivity contribution in [3.63, 3.8) is 0 Å². The van der Waals surface area contributed by atoms with Crippen LogP contribution in [0.25, 0.3) is 0 Å². The minimum Gasteiger partial charge on any atom is -0.342 e. The SMILES string of the molecule is CCN(CC)C(=O)CN(C)C(=O)[C@H]1CC(=O)N(Cc2cccc(C(F)(F)F)c2)C1. The van der Waals surface area contributed by atoms with E-state index in [0.29, 0.717) is 18.7 Å². The smallest absolute Gasteiger partial charge is 0.342 e. The average Bonchev–Trinajstić information content (AvgIpc) is 3.02. The number of halogens is 3. The zero-order chi connectivity index (χ0) is 21.8. The second kappa shape index (κ2) is 9.28. The van der Waals surface area contributed by atoms with Crippen LogP contribution in [-0.2, 0) is 27.1 Å². The molecular weight excluding hydrogens is 387 g/mol. The van der Waals surface area contributed by atoms with Crippen molar-refractivity contribution in [2.24, 2.45) is 5.92 Å². The quantitative estimate of drug-likeness (QED) is 0.690. The van der Waals surface area contributed by atoms with Crippen LogP contribution in [-0.4, -0.2) is 65.6 Å². The van der Waals surface area contributed by atoms with E-state index in [1.54, 1.807) is 4.90 Å². The Kier molecular flexibility index (Phi) is 7.26. The van der Waals surface area contributed by atoms with Gasteiger partial charge in [0.25, 0.3) is 0 Å². The molecule has 0 N–H and O–H groups in total. The van der Waals surface area contributed by atoms with Gasteiger partial charge in [0, 0.05) is 39.6 Å². The number of nitrogens with zero attached hydrogens (tertiary/aromatic N) is 3. The van der Waals surface area contributed by atoms with E-state index in [4.69, 9.17) is 0 Å². The highest BCUT2D eigenvalue weighted by molar-refractivity contribution is 5.91. The lowest BCUT2D eigenvalue weighted by atomic mass is 10.1. The molecule has 0 spiro atoms.